The Morgan fingerprint density at radius 1 is 1.61 bits per heavy atom. The van der Waals surface area contributed by atoms with Gasteiger partial charge < -0.3 is 9.64 Å². The summed E-state index contributed by atoms with van der Waals surface area (Å²) in [6, 6.07) is 0. The van der Waals surface area contributed by atoms with Gasteiger partial charge in [0.05, 0.1) is 17.7 Å². The molecule has 0 saturated carbocycles. The van der Waals surface area contributed by atoms with E-state index >= 15 is 0 Å². The van der Waals surface area contributed by atoms with E-state index in [0.29, 0.717) is 18.0 Å². The molecule has 1 atom stereocenters. The monoisotopic (exact) mass is 291 g/mol. The predicted molar refractivity (Wildman–Crippen MR) is 72.4 cm³/mol. The van der Waals surface area contributed by atoms with Crippen molar-refractivity contribution in [2.24, 2.45) is 0 Å². The summed E-state index contributed by atoms with van der Waals surface area (Å²) < 4.78 is 8.79. The second kappa shape index (κ2) is 7.66. The fraction of sp³-hybridized carbons (Fsp3) is 0.727. The van der Waals surface area contributed by atoms with Gasteiger partial charge in [-0.1, -0.05) is 17.8 Å². The lowest BCUT2D eigenvalue weighted by atomic mass is 10.2. The first-order valence-corrected chi connectivity index (χ1v) is 7.00. The van der Waals surface area contributed by atoms with E-state index in [4.69, 9.17) is 16.3 Å². The van der Waals surface area contributed by atoms with Crippen LogP contribution in [0.15, 0.2) is 0 Å². The molecule has 1 aromatic rings. The maximum absolute atomic E-state index is 12.2. The molecule has 102 valence electrons. The van der Waals surface area contributed by atoms with E-state index in [0.717, 1.165) is 30.1 Å². The van der Waals surface area contributed by atoms with Crippen molar-refractivity contribution < 1.29 is 9.53 Å². The number of rotatable bonds is 7. The number of aryl methyl sites for hydroxylation is 1. The second-order valence-corrected chi connectivity index (χ2v) is 5.41. The molecular formula is C11H18ClN3O2S. The van der Waals surface area contributed by atoms with Crippen molar-refractivity contribution in [1.29, 1.82) is 0 Å². The van der Waals surface area contributed by atoms with Crippen molar-refractivity contribution in [3.63, 3.8) is 0 Å². The molecule has 0 fully saturated rings. The van der Waals surface area contributed by atoms with Crippen LogP contribution in [0.1, 0.15) is 28.7 Å². The molecule has 18 heavy (non-hydrogen) atoms. The Balaban J connectivity index is 2.65. The van der Waals surface area contributed by atoms with E-state index in [-0.39, 0.29) is 11.3 Å². The van der Waals surface area contributed by atoms with Crippen LogP contribution in [-0.4, -0.2) is 53.1 Å². The van der Waals surface area contributed by atoms with Gasteiger partial charge in [0.2, 0.25) is 0 Å². The first-order chi connectivity index (χ1) is 8.60. The largest absolute Gasteiger partial charge is 0.383 e. The Labute approximate surface area is 116 Å². The highest BCUT2D eigenvalue weighted by Gasteiger charge is 2.21. The molecule has 0 aliphatic carbocycles. The lowest BCUT2D eigenvalue weighted by Crippen LogP contribution is -2.34. The molecule has 0 bridgehead atoms. The lowest BCUT2D eigenvalue weighted by Gasteiger charge is -2.19. The zero-order valence-electron chi connectivity index (χ0n) is 10.9. The summed E-state index contributed by atoms with van der Waals surface area (Å²) in [6.45, 7) is 2.91. The SMILES string of the molecule is CCCc1nnsc1C(=O)N(C)CC(Cl)COC. The highest BCUT2D eigenvalue weighted by atomic mass is 35.5. The number of hydrogen-bond donors (Lipinski definition) is 0. The van der Waals surface area contributed by atoms with E-state index < -0.39 is 0 Å². The van der Waals surface area contributed by atoms with Crippen LogP contribution in [0.3, 0.4) is 0 Å². The number of amides is 1. The zero-order valence-corrected chi connectivity index (χ0v) is 12.4. The third-order valence-corrected chi connectivity index (χ3v) is 3.42. The Kier molecular flexibility index (Phi) is 6.52. The number of hydrogen-bond acceptors (Lipinski definition) is 5. The summed E-state index contributed by atoms with van der Waals surface area (Å²) in [6.07, 6.45) is 1.71. The van der Waals surface area contributed by atoms with E-state index in [1.165, 1.54) is 0 Å². The Hall–Kier alpha value is -0.720. The molecule has 0 aliphatic rings. The van der Waals surface area contributed by atoms with Gasteiger partial charge in [0.1, 0.15) is 4.88 Å². The van der Waals surface area contributed by atoms with E-state index in [1.54, 1.807) is 19.1 Å². The van der Waals surface area contributed by atoms with Crippen molar-refractivity contribution in [3.05, 3.63) is 10.6 Å². The van der Waals surface area contributed by atoms with Crippen LogP contribution < -0.4 is 0 Å². The quantitative estimate of drug-likeness (QED) is 0.719. The maximum Gasteiger partial charge on any atom is 0.267 e. The standard InChI is InChI=1S/C11H18ClN3O2S/c1-4-5-9-10(18-14-13-9)11(16)15(2)6-8(12)7-17-3/h8H,4-7H2,1-3H3. The van der Waals surface area contributed by atoms with Crippen LogP contribution in [0.2, 0.25) is 0 Å². The van der Waals surface area contributed by atoms with Gasteiger partial charge in [-0.2, -0.15) is 0 Å². The first-order valence-electron chi connectivity index (χ1n) is 5.79. The third-order valence-electron chi connectivity index (χ3n) is 2.40. The molecule has 7 heteroatoms. The summed E-state index contributed by atoms with van der Waals surface area (Å²) in [5.74, 6) is -0.0739. The summed E-state index contributed by atoms with van der Waals surface area (Å²) in [4.78, 5) is 14.4. The van der Waals surface area contributed by atoms with Gasteiger partial charge >= 0.3 is 0 Å². The molecule has 5 nitrogen and oxygen atoms in total. The minimum Gasteiger partial charge on any atom is -0.383 e. The van der Waals surface area contributed by atoms with Gasteiger partial charge in [0.25, 0.3) is 5.91 Å². The van der Waals surface area contributed by atoms with Crippen molar-refractivity contribution in [2.45, 2.75) is 25.1 Å². The molecule has 1 heterocycles. The molecule has 0 spiro atoms. The highest BCUT2D eigenvalue weighted by molar-refractivity contribution is 7.08. The normalized spacial score (nSPS) is 12.4. The van der Waals surface area contributed by atoms with E-state index in [9.17, 15) is 4.79 Å². The number of methoxy groups -OCH3 is 1. The van der Waals surface area contributed by atoms with Gasteiger partial charge in [-0.3, -0.25) is 4.79 Å². The molecule has 1 amide bonds. The van der Waals surface area contributed by atoms with E-state index in [1.807, 2.05) is 6.92 Å². The van der Waals surface area contributed by atoms with E-state index in [2.05, 4.69) is 9.59 Å². The van der Waals surface area contributed by atoms with Gasteiger partial charge in [0, 0.05) is 20.7 Å². The molecule has 1 aromatic heterocycles. The Morgan fingerprint density at radius 3 is 2.94 bits per heavy atom. The van der Waals surface area contributed by atoms with Crippen molar-refractivity contribution in [3.8, 4) is 0 Å². The highest BCUT2D eigenvalue weighted by Crippen LogP contribution is 2.15. The van der Waals surface area contributed by atoms with Crippen molar-refractivity contribution >= 4 is 29.0 Å². The summed E-state index contributed by atoms with van der Waals surface area (Å²) in [5, 5.41) is 3.78. The molecule has 1 rings (SSSR count). The third kappa shape index (κ3) is 4.19. The molecule has 0 aromatic carbocycles. The summed E-state index contributed by atoms with van der Waals surface area (Å²) >= 11 is 7.18. The topological polar surface area (TPSA) is 55.3 Å². The van der Waals surface area contributed by atoms with Crippen molar-refractivity contribution in [2.75, 3.05) is 27.3 Å². The molecular weight excluding hydrogens is 274 g/mol. The smallest absolute Gasteiger partial charge is 0.267 e. The van der Waals surface area contributed by atoms with Gasteiger partial charge in [-0.15, -0.1) is 16.7 Å². The number of carbonyl (C=O) groups is 1. The van der Waals surface area contributed by atoms with Crippen molar-refractivity contribution in [1.82, 2.24) is 14.5 Å². The van der Waals surface area contributed by atoms with Crippen LogP contribution in [0, 0.1) is 0 Å². The minimum absolute atomic E-state index is 0.0739. The van der Waals surface area contributed by atoms with Crippen LogP contribution in [-0.2, 0) is 11.2 Å². The number of alkyl halides is 1. The van der Waals surface area contributed by atoms with Crippen LogP contribution in [0.4, 0.5) is 0 Å². The average molecular weight is 292 g/mol. The predicted octanol–water partition coefficient (Wildman–Crippen LogP) is 1.82. The summed E-state index contributed by atoms with van der Waals surface area (Å²) in [7, 11) is 3.31. The van der Waals surface area contributed by atoms with Gasteiger partial charge in [-0.25, -0.2) is 0 Å². The molecule has 0 saturated heterocycles. The van der Waals surface area contributed by atoms with Gasteiger partial charge in [0.15, 0.2) is 0 Å². The molecule has 1 unspecified atom stereocenters. The Bertz CT molecular complexity index is 386. The molecule has 0 N–H and O–H groups in total. The second-order valence-electron chi connectivity index (χ2n) is 4.04. The minimum atomic E-state index is -0.209. The van der Waals surface area contributed by atoms with Gasteiger partial charge in [-0.05, 0) is 18.0 Å². The molecule has 0 aliphatic heterocycles. The molecule has 0 radical (unpaired) electrons. The first kappa shape index (κ1) is 15.3. The zero-order chi connectivity index (χ0) is 13.5. The number of ether oxygens (including phenoxy) is 1. The lowest BCUT2D eigenvalue weighted by molar-refractivity contribution is 0.0785. The van der Waals surface area contributed by atoms with Crippen LogP contribution in [0.25, 0.3) is 0 Å². The summed E-state index contributed by atoms with van der Waals surface area (Å²) in [5.41, 5.74) is 0.775. The van der Waals surface area contributed by atoms with Crippen LogP contribution >= 0.6 is 23.1 Å². The number of aromatic nitrogens is 2. The fourth-order valence-electron chi connectivity index (χ4n) is 1.56. The number of carbonyl (C=O) groups excluding carboxylic acids is 1. The number of nitrogens with zero attached hydrogens (tertiary/aromatic N) is 3. The van der Waals surface area contributed by atoms with Crippen LogP contribution in [0.5, 0.6) is 0 Å². The average Bonchev–Trinajstić information content (AvgIpc) is 2.77. The Morgan fingerprint density at radius 2 is 2.33 bits per heavy atom. The number of halogens is 1. The maximum atomic E-state index is 12.2. The fourth-order valence-corrected chi connectivity index (χ4v) is 2.59.